The summed E-state index contributed by atoms with van der Waals surface area (Å²) in [6.45, 7) is 6.43. The molecule has 1 fully saturated rings. The molecule has 7 heteroatoms. The Hall–Kier alpha value is -0.820. The average molecular weight is 333 g/mol. The van der Waals surface area contributed by atoms with Crippen LogP contribution >= 0.6 is 0 Å². The van der Waals surface area contributed by atoms with Gasteiger partial charge in [-0.25, -0.2) is 12.7 Å². The molecule has 130 valence electrons. The number of nitrogens with one attached hydrogen (secondary N) is 2. The molecule has 0 bridgehead atoms. The highest BCUT2D eigenvalue weighted by molar-refractivity contribution is 7.88. The SMILES string of the molecule is CCNC(=NCCCN(CC)S(C)(=O)=O)NC1CCCCC1. The van der Waals surface area contributed by atoms with E-state index in [4.69, 9.17) is 0 Å². The summed E-state index contributed by atoms with van der Waals surface area (Å²) in [6.07, 6.45) is 8.33. The summed E-state index contributed by atoms with van der Waals surface area (Å²) in [5.41, 5.74) is 0. The second-order valence-corrected chi connectivity index (χ2v) is 7.83. The summed E-state index contributed by atoms with van der Waals surface area (Å²) >= 11 is 0. The van der Waals surface area contributed by atoms with E-state index in [9.17, 15) is 8.42 Å². The minimum absolute atomic E-state index is 0.517. The topological polar surface area (TPSA) is 73.8 Å². The van der Waals surface area contributed by atoms with E-state index in [1.165, 1.54) is 42.7 Å². The van der Waals surface area contributed by atoms with Gasteiger partial charge in [0.05, 0.1) is 6.26 Å². The van der Waals surface area contributed by atoms with Gasteiger partial charge in [-0.05, 0) is 26.2 Å². The van der Waals surface area contributed by atoms with Gasteiger partial charge in [0.25, 0.3) is 0 Å². The Morgan fingerprint density at radius 1 is 1.23 bits per heavy atom. The molecule has 0 aromatic carbocycles. The van der Waals surface area contributed by atoms with Crippen LogP contribution < -0.4 is 10.6 Å². The lowest BCUT2D eigenvalue weighted by atomic mass is 9.96. The summed E-state index contributed by atoms with van der Waals surface area (Å²) in [4.78, 5) is 4.57. The number of hydrogen-bond donors (Lipinski definition) is 2. The van der Waals surface area contributed by atoms with E-state index in [0.29, 0.717) is 25.7 Å². The van der Waals surface area contributed by atoms with Crippen molar-refractivity contribution in [2.45, 2.75) is 58.4 Å². The lowest BCUT2D eigenvalue weighted by molar-refractivity contribution is 0.409. The van der Waals surface area contributed by atoms with Gasteiger partial charge in [0.1, 0.15) is 0 Å². The maximum Gasteiger partial charge on any atom is 0.211 e. The first-order valence-corrected chi connectivity index (χ1v) is 10.3. The van der Waals surface area contributed by atoms with Gasteiger partial charge in [-0.15, -0.1) is 0 Å². The molecule has 6 nitrogen and oxygen atoms in total. The molecule has 0 atom stereocenters. The standard InChI is InChI=1S/C15H32N4O2S/c1-4-16-15(18-14-10-7-6-8-11-14)17-12-9-13-19(5-2)22(3,20)21/h14H,4-13H2,1-3H3,(H2,16,17,18). The molecule has 1 rings (SSSR count). The predicted molar refractivity (Wildman–Crippen MR) is 92.7 cm³/mol. The van der Waals surface area contributed by atoms with Gasteiger partial charge >= 0.3 is 0 Å². The summed E-state index contributed by atoms with van der Waals surface area (Å²) < 4.78 is 24.5. The van der Waals surface area contributed by atoms with Crippen LogP contribution in [0.3, 0.4) is 0 Å². The molecule has 1 aliphatic rings. The van der Waals surface area contributed by atoms with Gasteiger partial charge in [0, 0.05) is 32.2 Å². The molecule has 0 spiro atoms. The summed E-state index contributed by atoms with van der Waals surface area (Å²) in [7, 11) is -3.09. The summed E-state index contributed by atoms with van der Waals surface area (Å²) in [5.74, 6) is 0.858. The zero-order valence-corrected chi connectivity index (χ0v) is 15.1. The minimum atomic E-state index is -3.09. The van der Waals surface area contributed by atoms with Crippen molar-refractivity contribution in [3.63, 3.8) is 0 Å². The zero-order chi connectivity index (χ0) is 16.4. The fourth-order valence-electron chi connectivity index (χ4n) is 2.76. The number of hydrogen-bond acceptors (Lipinski definition) is 3. The number of sulfonamides is 1. The van der Waals surface area contributed by atoms with Crippen molar-refractivity contribution in [1.82, 2.24) is 14.9 Å². The maximum atomic E-state index is 11.5. The van der Waals surface area contributed by atoms with Gasteiger partial charge in [-0.3, -0.25) is 4.99 Å². The van der Waals surface area contributed by atoms with E-state index in [-0.39, 0.29) is 0 Å². The molecule has 0 heterocycles. The largest absolute Gasteiger partial charge is 0.357 e. The van der Waals surface area contributed by atoms with Crippen molar-refractivity contribution in [3.8, 4) is 0 Å². The van der Waals surface area contributed by atoms with E-state index in [1.54, 1.807) is 0 Å². The number of aliphatic imine (C=N–C) groups is 1. The summed E-state index contributed by atoms with van der Waals surface area (Å²) in [5, 5.41) is 6.77. The zero-order valence-electron chi connectivity index (χ0n) is 14.3. The molecular formula is C15H32N4O2S. The number of nitrogens with zero attached hydrogens (tertiary/aromatic N) is 2. The van der Waals surface area contributed by atoms with Gasteiger partial charge in [-0.1, -0.05) is 26.2 Å². The van der Waals surface area contributed by atoms with Crippen LogP contribution in [-0.4, -0.2) is 57.2 Å². The van der Waals surface area contributed by atoms with Crippen LogP contribution in [0, 0.1) is 0 Å². The van der Waals surface area contributed by atoms with Crippen molar-refractivity contribution in [3.05, 3.63) is 0 Å². The van der Waals surface area contributed by atoms with Gasteiger partial charge in [0.2, 0.25) is 10.0 Å². The van der Waals surface area contributed by atoms with Crippen molar-refractivity contribution in [1.29, 1.82) is 0 Å². The molecule has 22 heavy (non-hydrogen) atoms. The first kappa shape index (κ1) is 19.2. The smallest absolute Gasteiger partial charge is 0.211 e. The molecule has 0 radical (unpaired) electrons. The lowest BCUT2D eigenvalue weighted by Crippen LogP contribution is -2.44. The fraction of sp³-hybridized carbons (Fsp3) is 0.933. The van der Waals surface area contributed by atoms with Crippen molar-refractivity contribution in [2.75, 3.05) is 32.4 Å². The van der Waals surface area contributed by atoms with Crippen molar-refractivity contribution < 1.29 is 8.42 Å². The Morgan fingerprint density at radius 2 is 1.91 bits per heavy atom. The highest BCUT2D eigenvalue weighted by atomic mass is 32.2. The fourth-order valence-corrected chi connectivity index (χ4v) is 3.69. The molecule has 0 aromatic heterocycles. The normalized spacial score (nSPS) is 17.7. The Kier molecular flexibility index (Phi) is 8.78. The Morgan fingerprint density at radius 3 is 2.45 bits per heavy atom. The van der Waals surface area contributed by atoms with E-state index < -0.39 is 10.0 Å². The van der Waals surface area contributed by atoms with Crippen LogP contribution in [0.25, 0.3) is 0 Å². The number of rotatable bonds is 8. The third kappa shape index (κ3) is 7.45. The van der Waals surface area contributed by atoms with Crippen molar-refractivity contribution in [2.24, 2.45) is 4.99 Å². The third-order valence-electron chi connectivity index (χ3n) is 3.95. The minimum Gasteiger partial charge on any atom is -0.357 e. The van der Waals surface area contributed by atoms with Crippen LogP contribution in [0.4, 0.5) is 0 Å². The third-order valence-corrected chi connectivity index (χ3v) is 5.33. The van der Waals surface area contributed by atoms with E-state index in [0.717, 1.165) is 18.9 Å². The van der Waals surface area contributed by atoms with Crippen LogP contribution in [0.1, 0.15) is 52.4 Å². The molecular weight excluding hydrogens is 300 g/mol. The second-order valence-electron chi connectivity index (χ2n) is 5.85. The molecule has 2 N–H and O–H groups in total. The molecule has 1 aliphatic carbocycles. The average Bonchev–Trinajstić information content (AvgIpc) is 2.47. The molecule has 0 aromatic rings. The first-order valence-electron chi connectivity index (χ1n) is 8.47. The number of guanidine groups is 1. The van der Waals surface area contributed by atoms with Gasteiger partial charge < -0.3 is 10.6 Å². The Balaban J connectivity index is 2.41. The van der Waals surface area contributed by atoms with E-state index >= 15 is 0 Å². The quantitative estimate of drug-likeness (QED) is 0.402. The van der Waals surface area contributed by atoms with Crippen LogP contribution in [0.15, 0.2) is 4.99 Å². The monoisotopic (exact) mass is 332 g/mol. The Labute approximate surface area is 135 Å². The van der Waals surface area contributed by atoms with Gasteiger partial charge in [0.15, 0.2) is 5.96 Å². The van der Waals surface area contributed by atoms with Crippen molar-refractivity contribution >= 4 is 16.0 Å². The summed E-state index contributed by atoms with van der Waals surface area (Å²) in [6, 6.07) is 0.523. The first-order chi connectivity index (χ1) is 10.5. The molecule has 0 unspecified atom stereocenters. The van der Waals surface area contributed by atoms with E-state index in [1.807, 2.05) is 6.92 Å². The second kappa shape index (κ2) is 10.0. The molecule has 0 amide bonds. The molecule has 0 aliphatic heterocycles. The van der Waals surface area contributed by atoms with Crippen LogP contribution in [-0.2, 0) is 10.0 Å². The Bertz CT molecular complexity index is 431. The maximum absolute atomic E-state index is 11.5. The molecule has 0 saturated heterocycles. The van der Waals surface area contributed by atoms with E-state index in [2.05, 4.69) is 22.5 Å². The van der Waals surface area contributed by atoms with Gasteiger partial charge in [-0.2, -0.15) is 0 Å². The lowest BCUT2D eigenvalue weighted by Gasteiger charge is -2.25. The van der Waals surface area contributed by atoms with Crippen LogP contribution in [0.2, 0.25) is 0 Å². The highest BCUT2D eigenvalue weighted by Crippen LogP contribution is 2.17. The predicted octanol–water partition coefficient (Wildman–Crippen LogP) is 1.55. The van der Waals surface area contributed by atoms with Crippen LogP contribution in [0.5, 0.6) is 0 Å². The molecule has 1 saturated carbocycles. The highest BCUT2D eigenvalue weighted by Gasteiger charge is 2.15.